The topological polar surface area (TPSA) is 20.2 Å². The van der Waals surface area contributed by atoms with E-state index in [2.05, 4.69) is 18.7 Å². The summed E-state index contributed by atoms with van der Waals surface area (Å²) in [5, 5.41) is 8.69. The highest BCUT2D eigenvalue weighted by molar-refractivity contribution is 7.99. The van der Waals surface area contributed by atoms with Crippen LogP contribution in [0.5, 0.6) is 0 Å². The first-order chi connectivity index (χ1) is 10.4. The summed E-state index contributed by atoms with van der Waals surface area (Å²) in [6.45, 7) is 2.65. The van der Waals surface area contributed by atoms with Crippen LogP contribution in [-0.4, -0.2) is 23.2 Å². The van der Waals surface area contributed by atoms with Crippen molar-refractivity contribution in [3.8, 4) is 0 Å². The lowest BCUT2D eigenvalue weighted by Gasteiger charge is -2.03. The van der Waals surface area contributed by atoms with Gasteiger partial charge in [-0.1, -0.05) is 84.0 Å². The zero-order chi connectivity index (χ0) is 15.4. The van der Waals surface area contributed by atoms with E-state index < -0.39 is 0 Å². The molecule has 0 aromatic rings. The Morgan fingerprint density at radius 3 is 1.33 bits per heavy atom. The van der Waals surface area contributed by atoms with Gasteiger partial charge in [-0.15, -0.1) is 0 Å². The van der Waals surface area contributed by atoms with Crippen LogP contribution in [0.15, 0.2) is 0 Å². The average molecular weight is 317 g/mol. The fraction of sp³-hybridized carbons (Fsp3) is 1.00. The van der Waals surface area contributed by atoms with E-state index >= 15 is 0 Å². The molecule has 128 valence electrons. The maximum absolute atomic E-state index is 8.69. The van der Waals surface area contributed by atoms with E-state index in [9.17, 15) is 0 Å². The molecular formula is C19H40OS. The van der Waals surface area contributed by atoms with Gasteiger partial charge in [0.2, 0.25) is 0 Å². The number of thioether (sulfide) groups is 1. The molecule has 0 aliphatic carbocycles. The van der Waals surface area contributed by atoms with Crippen molar-refractivity contribution in [1.29, 1.82) is 0 Å². The van der Waals surface area contributed by atoms with Crippen LogP contribution in [0, 0.1) is 0 Å². The third kappa shape index (κ3) is 20.3. The van der Waals surface area contributed by atoms with E-state index in [0.717, 1.165) is 6.42 Å². The van der Waals surface area contributed by atoms with Crippen molar-refractivity contribution in [3.05, 3.63) is 0 Å². The molecule has 1 N–H and O–H groups in total. The molecule has 0 unspecified atom stereocenters. The zero-order valence-corrected chi connectivity index (χ0v) is 15.4. The molecule has 0 heterocycles. The quantitative estimate of drug-likeness (QED) is 0.288. The first-order valence-electron chi connectivity index (χ1n) is 9.60. The van der Waals surface area contributed by atoms with E-state index in [4.69, 9.17) is 5.11 Å². The molecule has 0 radical (unpaired) electrons. The zero-order valence-electron chi connectivity index (χ0n) is 14.6. The van der Waals surface area contributed by atoms with Crippen molar-refractivity contribution in [2.24, 2.45) is 0 Å². The Hall–Kier alpha value is 0.310. The van der Waals surface area contributed by atoms with Gasteiger partial charge in [-0.05, 0) is 30.8 Å². The van der Waals surface area contributed by atoms with E-state index in [0.29, 0.717) is 6.61 Å². The van der Waals surface area contributed by atoms with Crippen LogP contribution in [0.4, 0.5) is 0 Å². The highest BCUT2D eigenvalue weighted by atomic mass is 32.2. The second kappa shape index (κ2) is 20.3. The third-order valence-electron chi connectivity index (χ3n) is 4.09. The second-order valence-corrected chi connectivity index (χ2v) is 7.51. The van der Waals surface area contributed by atoms with Gasteiger partial charge in [-0.25, -0.2) is 0 Å². The molecule has 0 bridgehead atoms. The van der Waals surface area contributed by atoms with E-state index in [1.54, 1.807) is 0 Å². The van der Waals surface area contributed by atoms with Crippen molar-refractivity contribution in [1.82, 2.24) is 0 Å². The number of hydrogen-bond acceptors (Lipinski definition) is 2. The summed E-state index contributed by atoms with van der Waals surface area (Å²) in [5.41, 5.74) is 0. The SMILES string of the molecule is CCCCCCCCCCCCCSCCCCCCO. The Labute approximate surface area is 138 Å². The predicted octanol–water partition coefficient (Wildman–Crippen LogP) is 6.58. The number of hydrogen-bond donors (Lipinski definition) is 1. The van der Waals surface area contributed by atoms with Gasteiger partial charge in [0, 0.05) is 6.61 Å². The van der Waals surface area contributed by atoms with Crippen LogP contribution >= 0.6 is 11.8 Å². The minimum Gasteiger partial charge on any atom is -0.396 e. The summed E-state index contributed by atoms with van der Waals surface area (Å²) in [7, 11) is 0. The van der Waals surface area contributed by atoms with Gasteiger partial charge in [0.15, 0.2) is 0 Å². The van der Waals surface area contributed by atoms with Gasteiger partial charge in [-0.3, -0.25) is 0 Å². The molecular weight excluding hydrogens is 276 g/mol. The third-order valence-corrected chi connectivity index (χ3v) is 5.24. The van der Waals surface area contributed by atoms with Gasteiger partial charge in [0.25, 0.3) is 0 Å². The molecule has 21 heavy (non-hydrogen) atoms. The van der Waals surface area contributed by atoms with Crippen LogP contribution < -0.4 is 0 Å². The van der Waals surface area contributed by atoms with Crippen LogP contribution in [0.25, 0.3) is 0 Å². The number of rotatable bonds is 18. The Morgan fingerprint density at radius 1 is 0.524 bits per heavy atom. The summed E-state index contributed by atoms with van der Waals surface area (Å²) in [5.74, 6) is 2.68. The molecule has 0 aromatic carbocycles. The fourth-order valence-corrected chi connectivity index (χ4v) is 3.66. The molecule has 0 aliphatic heterocycles. The maximum atomic E-state index is 8.69. The minimum absolute atomic E-state index is 0.367. The van der Waals surface area contributed by atoms with Crippen molar-refractivity contribution < 1.29 is 5.11 Å². The smallest absolute Gasteiger partial charge is 0.0431 e. The molecule has 0 amide bonds. The fourth-order valence-electron chi connectivity index (χ4n) is 2.64. The summed E-state index contributed by atoms with van der Waals surface area (Å²) in [6.07, 6.45) is 20.7. The van der Waals surface area contributed by atoms with Crippen molar-refractivity contribution in [2.45, 2.75) is 103 Å². The minimum atomic E-state index is 0.367. The lowest BCUT2D eigenvalue weighted by Crippen LogP contribution is -1.88. The molecule has 1 nitrogen and oxygen atoms in total. The predicted molar refractivity (Wildman–Crippen MR) is 99.3 cm³/mol. The normalized spacial score (nSPS) is 11.1. The van der Waals surface area contributed by atoms with Crippen LogP contribution in [0.2, 0.25) is 0 Å². The summed E-state index contributed by atoms with van der Waals surface area (Å²) < 4.78 is 0. The second-order valence-electron chi connectivity index (χ2n) is 6.29. The van der Waals surface area contributed by atoms with Gasteiger partial charge < -0.3 is 5.11 Å². The first kappa shape index (κ1) is 21.3. The standard InChI is InChI=1S/C19H40OS/c1-2-3-4-5-6-7-8-9-10-12-15-18-21-19-16-13-11-14-17-20/h20H,2-19H2,1H3. The molecule has 0 aromatic heterocycles. The van der Waals surface area contributed by atoms with Crippen molar-refractivity contribution in [3.63, 3.8) is 0 Å². The number of unbranched alkanes of at least 4 members (excludes halogenated alkanes) is 13. The average Bonchev–Trinajstić information content (AvgIpc) is 2.50. The lowest BCUT2D eigenvalue weighted by atomic mass is 10.1. The lowest BCUT2D eigenvalue weighted by molar-refractivity contribution is 0.283. The maximum Gasteiger partial charge on any atom is 0.0431 e. The summed E-state index contributed by atoms with van der Waals surface area (Å²) in [6, 6.07) is 0. The highest BCUT2D eigenvalue weighted by Gasteiger charge is 1.94. The molecule has 0 aliphatic rings. The van der Waals surface area contributed by atoms with E-state index in [1.165, 1.54) is 101 Å². The Balaban J connectivity index is 2.90. The molecule has 0 spiro atoms. The van der Waals surface area contributed by atoms with Crippen molar-refractivity contribution in [2.75, 3.05) is 18.1 Å². The van der Waals surface area contributed by atoms with Gasteiger partial charge in [-0.2, -0.15) is 11.8 Å². The summed E-state index contributed by atoms with van der Waals surface area (Å²) >= 11 is 2.13. The number of aliphatic hydroxyl groups excluding tert-OH is 1. The van der Waals surface area contributed by atoms with Crippen LogP contribution in [0.3, 0.4) is 0 Å². The number of aliphatic hydroxyl groups is 1. The monoisotopic (exact) mass is 316 g/mol. The Kier molecular flexibility index (Phi) is 20.6. The van der Waals surface area contributed by atoms with E-state index in [1.807, 2.05) is 0 Å². The molecule has 0 atom stereocenters. The molecule has 0 saturated carbocycles. The molecule has 0 fully saturated rings. The van der Waals surface area contributed by atoms with Gasteiger partial charge >= 0.3 is 0 Å². The summed E-state index contributed by atoms with van der Waals surface area (Å²) in [4.78, 5) is 0. The molecule has 2 heteroatoms. The van der Waals surface area contributed by atoms with Gasteiger partial charge in [0.1, 0.15) is 0 Å². The highest BCUT2D eigenvalue weighted by Crippen LogP contribution is 2.14. The van der Waals surface area contributed by atoms with Crippen LogP contribution in [0.1, 0.15) is 103 Å². The first-order valence-corrected chi connectivity index (χ1v) is 10.8. The van der Waals surface area contributed by atoms with Crippen LogP contribution in [-0.2, 0) is 0 Å². The van der Waals surface area contributed by atoms with E-state index in [-0.39, 0.29) is 0 Å². The van der Waals surface area contributed by atoms with Crippen molar-refractivity contribution >= 4 is 11.8 Å². The Morgan fingerprint density at radius 2 is 0.905 bits per heavy atom. The van der Waals surface area contributed by atoms with Gasteiger partial charge in [0.05, 0.1) is 0 Å². The molecule has 0 rings (SSSR count). The Bertz CT molecular complexity index is 155. The largest absolute Gasteiger partial charge is 0.396 e. The molecule has 0 saturated heterocycles.